The van der Waals surface area contributed by atoms with Gasteiger partial charge in [0.2, 0.25) is 0 Å². The van der Waals surface area contributed by atoms with E-state index in [0.717, 1.165) is 5.56 Å². The van der Waals surface area contributed by atoms with Gasteiger partial charge in [-0.05, 0) is 5.56 Å². The number of hydrogen-bond acceptors (Lipinski definition) is 4. The van der Waals surface area contributed by atoms with Gasteiger partial charge in [0.15, 0.2) is 0 Å². The van der Waals surface area contributed by atoms with Crippen LogP contribution in [0, 0.1) is 15.3 Å². The summed E-state index contributed by atoms with van der Waals surface area (Å²) in [6.45, 7) is 0. The van der Waals surface area contributed by atoms with Gasteiger partial charge in [-0.2, -0.15) is 0 Å². The fourth-order valence-electron chi connectivity index (χ4n) is 1.43. The summed E-state index contributed by atoms with van der Waals surface area (Å²) >= 11 is 0. The van der Waals surface area contributed by atoms with Crippen molar-refractivity contribution in [2.24, 2.45) is 0 Å². The zero-order chi connectivity index (χ0) is 12.3. The minimum absolute atomic E-state index is 0.0322. The van der Waals surface area contributed by atoms with Crippen molar-refractivity contribution in [2.75, 3.05) is 0 Å². The summed E-state index contributed by atoms with van der Waals surface area (Å²) < 4.78 is 0.682. The third-order valence-electron chi connectivity index (χ3n) is 2.29. The maximum Gasteiger partial charge on any atom is 0.305 e. The van der Waals surface area contributed by atoms with Crippen molar-refractivity contribution in [3.05, 3.63) is 69.4 Å². The fraction of sp³-hybridized carbons (Fsp3) is 0.0909. The number of aromatic nitrogens is 2. The van der Waals surface area contributed by atoms with E-state index in [9.17, 15) is 15.3 Å². The molecule has 0 saturated carbocycles. The standard InChI is InChI=1S/C11H9N3O3/c15-13-7-1-6-12-11(13)8-9-2-4-10(5-3-9)14(16)17/h1-7H,8H2. The molecule has 2 aromatic rings. The smallest absolute Gasteiger partial charge is 0.305 e. The summed E-state index contributed by atoms with van der Waals surface area (Å²) in [7, 11) is 0. The van der Waals surface area contributed by atoms with Crippen molar-refractivity contribution in [3.8, 4) is 0 Å². The van der Waals surface area contributed by atoms with Crippen molar-refractivity contribution in [3.63, 3.8) is 0 Å². The van der Waals surface area contributed by atoms with E-state index in [4.69, 9.17) is 0 Å². The summed E-state index contributed by atoms with van der Waals surface area (Å²) in [5.74, 6) is 0.362. The molecule has 17 heavy (non-hydrogen) atoms. The van der Waals surface area contributed by atoms with Gasteiger partial charge >= 0.3 is 5.82 Å². The predicted octanol–water partition coefficient (Wildman–Crippen LogP) is 1.21. The molecule has 6 nitrogen and oxygen atoms in total. The number of rotatable bonds is 3. The maximum atomic E-state index is 11.3. The average molecular weight is 231 g/mol. The Bertz CT molecular complexity index is 540. The lowest BCUT2D eigenvalue weighted by Gasteiger charge is -2.04. The molecule has 0 atom stereocenters. The molecule has 0 radical (unpaired) electrons. The van der Waals surface area contributed by atoms with E-state index in [2.05, 4.69) is 4.98 Å². The van der Waals surface area contributed by atoms with Crippen LogP contribution in [0.1, 0.15) is 11.4 Å². The molecular weight excluding hydrogens is 222 g/mol. The second kappa shape index (κ2) is 4.56. The first-order chi connectivity index (χ1) is 8.16. The Morgan fingerprint density at radius 3 is 2.59 bits per heavy atom. The maximum absolute atomic E-state index is 11.3. The number of non-ortho nitro benzene ring substituents is 1. The highest BCUT2D eigenvalue weighted by molar-refractivity contribution is 5.33. The van der Waals surface area contributed by atoms with Gasteiger partial charge in [-0.1, -0.05) is 17.1 Å². The third-order valence-corrected chi connectivity index (χ3v) is 2.29. The first kappa shape index (κ1) is 11.0. The van der Waals surface area contributed by atoms with Crippen molar-refractivity contribution in [1.82, 2.24) is 4.98 Å². The Hall–Kier alpha value is -2.50. The summed E-state index contributed by atoms with van der Waals surface area (Å²) in [4.78, 5) is 14.0. The van der Waals surface area contributed by atoms with Crippen molar-refractivity contribution in [1.29, 1.82) is 0 Å². The SMILES string of the molecule is O=[N+]([O-])c1ccc(Cc2nccc[n+]2[O-])cc1. The molecule has 1 aromatic heterocycles. The van der Waals surface area contributed by atoms with E-state index in [1.807, 2.05) is 0 Å². The van der Waals surface area contributed by atoms with Crippen LogP contribution in [-0.2, 0) is 6.42 Å². The van der Waals surface area contributed by atoms with Crippen LogP contribution in [0.15, 0.2) is 42.7 Å². The van der Waals surface area contributed by atoms with E-state index < -0.39 is 4.92 Å². The van der Waals surface area contributed by atoms with Gasteiger partial charge in [-0.3, -0.25) is 10.1 Å². The Morgan fingerprint density at radius 1 is 1.29 bits per heavy atom. The number of nitro benzene ring substituents is 1. The lowest BCUT2D eigenvalue weighted by atomic mass is 10.1. The molecule has 0 bridgehead atoms. The number of hydrogen-bond donors (Lipinski definition) is 0. The summed E-state index contributed by atoms with van der Waals surface area (Å²) in [6, 6.07) is 7.60. The van der Waals surface area contributed by atoms with Crippen LogP contribution in [0.3, 0.4) is 0 Å². The van der Waals surface area contributed by atoms with Gasteiger partial charge in [0.05, 0.1) is 17.5 Å². The van der Waals surface area contributed by atoms with Gasteiger partial charge in [0.25, 0.3) is 5.69 Å². The highest BCUT2D eigenvalue weighted by Crippen LogP contribution is 2.13. The molecule has 1 aromatic carbocycles. The van der Waals surface area contributed by atoms with Crippen LogP contribution in [0.5, 0.6) is 0 Å². The highest BCUT2D eigenvalue weighted by atomic mass is 16.6. The van der Waals surface area contributed by atoms with Crippen LogP contribution >= 0.6 is 0 Å². The van der Waals surface area contributed by atoms with Crippen LogP contribution in [0.4, 0.5) is 5.69 Å². The first-order valence-electron chi connectivity index (χ1n) is 4.93. The molecule has 2 rings (SSSR count). The molecule has 0 aliphatic rings. The highest BCUT2D eigenvalue weighted by Gasteiger charge is 2.09. The quantitative estimate of drug-likeness (QED) is 0.344. The zero-order valence-electron chi connectivity index (χ0n) is 8.81. The molecule has 0 amide bonds. The van der Waals surface area contributed by atoms with E-state index in [0.29, 0.717) is 17.0 Å². The van der Waals surface area contributed by atoms with Gasteiger partial charge < -0.3 is 5.21 Å². The lowest BCUT2D eigenvalue weighted by Crippen LogP contribution is -2.32. The van der Waals surface area contributed by atoms with Gasteiger partial charge in [-0.15, -0.1) is 0 Å². The van der Waals surface area contributed by atoms with Crippen molar-refractivity contribution < 1.29 is 9.65 Å². The van der Waals surface area contributed by atoms with Crippen LogP contribution in [0.2, 0.25) is 0 Å². The molecular formula is C11H9N3O3. The van der Waals surface area contributed by atoms with Gasteiger partial charge in [-0.25, -0.2) is 4.73 Å². The molecule has 0 unspecified atom stereocenters. The Labute approximate surface area is 96.9 Å². The topological polar surface area (TPSA) is 83.0 Å². The summed E-state index contributed by atoms with van der Waals surface area (Å²) in [6.07, 6.45) is 3.26. The number of nitro groups is 1. The minimum Gasteiger partial charge on any atom is -0.711 e. The zero-order valence-corrected chi connectivity index (χ0v) is 8.81. The molecule has 0 aliphatic heterocycles. The molecule has 6 heteroatoms. The second-order valence-corrected chi connectivity index (χ2v) is 3.46. The predicted molar refractivity (Wildman–Crippen MR) is 59.1 cm³/mol. The Balaban J connectivity index is 2.20. The minimum atomic E-state index is -0.460. The molecule has 0 spiro atoms. The van der Waals surface area contributed by atoms with Crippen molar-refractivity contribution >= 4 is 5.69 Å². The van der Waals surface area contributed by atoms with Crippen LogP contribution in [-0.4, -0.2) is 9.91 Å². The molecule has 0 saturated heterocycles. The van der Waals surface area contributed by atoms with Gasteiger partial charge in [0, 0.05) is 18.2 Å². The van der Waals surface area contributed by atoms with E-state index >= 15 is 0 Å². The third kappa shape index (κ3) is 2.54. The Kier molecular flexibility index (Phi) is 2.95. The Morgan fingerprint density at radius 2 is 2.00 bits per heavy atom. The van der Waals surface area contributed by atoms with Crippen molar-refractivity contribution in [2.45, 2.75) is 6.42 Å². The molecule has 0 fully saturated rings. The number of benzene rings is 1. The van der Waals surface area contributed by atoms with Crippen LogP contribution in [0.25, 0.3) is 0 Å². The summed E-state index contributed by atoms with van der Waals surface area (Å²) in [5.41, 5.74) is 0.837. The fourth-order valence-corrected chi connectivity index (χ4v) is 1.43. The molecule has 86 valence electrons. The van der Waals surface area contributed by atoms with Crippen LogP contribution < -0.4 is 4.73 Å². The normalized spacial score (nSPS) is 10.1. The second-order valence-electron chi connectivity index (χ2n) is 3.46. The monoisotopic (exact) mass is 231 g/mol. The van der Waals surface area contributed by atoms with Gasteiger partial charge in [0.1, 0.15) is 6.20 Å². The van der Waals surface area contributed by atoms with E-state index in [-0.39, 0.29) is 5.69 Å². The lowest BCUT2D eigenvalue weighted by molar-refractivity contribution is -0.617. The molecule has 0 aliphatic carbocycles. The van der Waals surface area contributed by atoms with E-state index in [1.165, 1.54) is 24.5 Å². The first-order valence-corrected chi connectivity index (χ1v) is 4.93. The number of nitrogens with zero attached hydrogens (tertiary/aromatic N) is 3. The average Bonchev–Trinajstić information content (AvgIpc) is 2.33. The molecule has 0 N–H and O–H groups in total. The largest absolute Gasteiger partial charge is 0.711 e. The van der Waals surface area contributed by atoms with E-state index in [1.54, 1.807) is 18.2 Å². The summed E-state index contributed by atoms with van der Waals surface area (Å²) in [5, 5.41) is 21.8. The molecule has 1 heterocycles.